The Morgan fingerprint density at radius 3 is 2.29 bits per heavy atom. The molecular formula is C30H38N2O6. The second kappa shape index (κ2) is 12.9. The summed E-state index contributed by atoms with van der Waals surface area (Å²) in [6, 6.07) is 13.6. The molecule has 2 aliphatic rings. The summed E-state index contributed by atoms with van der Waals surface area (Å²) < 4.78 is 16.9. The minimum absolute atomic E-state index is 0.0140. The first kappa shape index (κ1) is 27.7. The molecule has 0 aromatic heterocycles. The lowest BCUT2D eigenvalue weighted by Crippen LogP contribution is -2.42. The molecule has 2 aromatic carbocycles. The van der Waals surface area contributed by atoms with E-state index in [9.17, 15) is 14.7 Å². The van der Waals surface area contributed by atoms with Crippen molar-refractivity contribution in [2.45, 2.75) is 45.8 Å². The van der Waals surface area contributed by atoms with Crippen LogP contribution in [0.3, 0.4) is 0 Å². The molecule has 2 fully saturated rings. The summed E-state index contributed by atoms with van der Waals surface area (Å²) in [6.07, 6.45) is 2.02. The number of hydrogen-bond donors (Lipinski definition) is 1. The lowest BCUT2D eigenvalue weighted by Gasteiger charge is -2.31. The number of Topliss-reactive ketones (excluding diaryl/α,β-unsaturated/α-hetero) is 1. The zero-order valence-corrected chi connectivity index (χ0v) is 22.5. The number of benzene rings is 2. The monoisotopic (exact) mass is 522 g/mol. The molecule has 8 nitrogen and oxygen atoms in total. The molecule has 1 N–H and O–H groups in total. The smallest absolute Gasteiger partial charge is 0.295 e. The quantitative estimate of drug-likeness (QED) is 0.202. The van der Waals surface area contributed by atoms with E-state index in [0.717, 1.165) is 37.2 Å². The van der Waals surface area contributed by atoms with Crippen molar-refractivity contribution in [3.8, 4) is 11.5 Å². The topological polar surface area (TPSA) is 88.5 Å². The third-order valence-electron chi connectivity index (χ3n) is 6.76. The molecule has 2 heterocycles. The van der Waals surface area contributed by atoms with Crippen LogP contribution in [0.15, 0.2) is 54.1 Å². The number of rotatable bonds is 11. The first-order valence-corrected chi connectivity index (χ1v) is 13.5. The molecule has 1 atom stereocenters. The highest BCUT2D eigenvalue weighted by atomic mass is 16.5. The van der Waals surface area contributed by atoms with E-state index in [1.165, 1.54) is 0 Å². The molecule has 0 spiro atoms. The van der Waals surface area contributed by atoms with Crippen molar-refractivity contribution in [2.75, 3.05) is 46.0 Å². The number of ketones is 1. The Hall–Kier alpha value is -3.36. The molecule has 1 unspecified atom stereocenters. The van der Waals surface area contributed by atoms with Crippen molar-refractivity contribution in [1.29, 1.82) is 0 Å². The summed E-state index contributed by atoms with van der Waals surface area (Å²) in [6.45, 7) is 10.5. The number of amides is 1. The van der Waals surface area contributed by atoms with Gasteiger partial charge >= 0.3 is 0 Å². The average molecular weight is 523 g/mol. The van der Waals surface area contributed by atoms with E-state index >= 15 is 0 Å². The molecule has 1 amide bonds. The summed E-state index contributed by atoms with van der Waals surface area (Å²) in [5.74, 6) is -0.0828. The summed E-state index contributed by atoms with van der Waals surface area (Å²) in [5, 5.41) is 11.3. The van der Waals surface area contributed by atoms with Crippen LogP contribution in [0.4, 0.5) is 0 Å². The first-order valence-electron chi connectivity index (χ1n) is 13.5. The lowest BCUT2D eigenvalue weighted by molar-refractivity contribution is -0.140. The van der Waals surface area contributed by atoms with Gasteiger partial charge in [-0.1, -0.05) is 25.5 Å². The van der Waals surface area contributed by atoms with Gasteiger partial charge in [-0.15, -0.1) is 0 Å². The van der Waals surface area contributed by atoms with Gasteiger partial charge in [0.25, 0.3) is 11.7 Å². The number of morpholine rings is 1. The summed E-state index contributed by atoms with van der Waals surface area (Å²) in [4.78, 5) is 30.4. The summed E-state index contributed by atoms with van der Waals surface area (Å²) >= 11 is 0. The Bertz CT molecular complexity index is 1120. The van der Waals surface area contributed by atoms with Gasteiger partial charge in [0.1, 0.15) is 17.3 Å². The Kier molecular flexibility index (Phi) is 9.42. The predicted molar refractivity (Wildman–Crippen MR) is 145 cm³/mol. The van der Waals surface area contributed by atoms with Crippen molar-refractivity contribution in [3.05, 3.63) is 65.2 Å². The zero-order chi connectivity index (χ0) is 27.1. The number of carbonyl (C=O) groups is 2. The van der Waals surface area contributed by atoms with Crippen LogP contribution in [0.5, 0.6) is 11.5 Å². The van der Waals surface area contributed by atoms with Crippen LogP contribution in [-0.2, 0) is 14.3 Å². The van der Waals surface area contributed by atoms with Crippen molar-refractivity contribution < 1.29 is 28.9 Å². The van der Waals surface area contributed by atoms with E-state index in [2.05, 4.69) is 11.8 Å². The number of carbonyl (C=O) groups excluding carboxylic acids is 2. The molecule has 4 rings (SSSR count). The number of ether oxygens (including phenoxy) is 3. The average Bonchev–Trinajstić information content (AvgIpc) is 3.17. The van der Waals surface area contributed by atoms with Gasteiger partial charge in [-0.25, -0.2) is 0 Å². The molecule has 204 valence electrons. The van der Waals surface area contributed by atoms with E-state index < -0.39 is 17.7 Å². The number of nitrogens with zero attached hydrogens (tertiary/aromatic N) is 2. The van der Waals surface area contributed by atoms with E-state index in [1.54, 1.807) is 29.2 Å². The van der Waals surface area contributed by atoms with Gasteiger partial charge in [0.05, 0.1) is 37.5 Å². The van der Waals surface area contributed by atoms with Crippen LogP contribution in [0.1, 0.15) is 50.8 Å². The van der Waals surface area contributed by atoms with Gasteiger partial charge < -0.3 is 24.2 Å². The fourth-order valence-corrected chi connectivity index (χ4v) is 4.73. The van der Waals surface area contributed by atoms with Crippen LogP contribution in [0, 0.1) is 0 Å². The maximum atomic E-state index is 13.3. The van der Waals surface area contributed by atoms with Crippen molar-refractivity contribution in [3.63, 3.8) is 0 Å². The number of hydrogen-bond acceptors (Lipinski definition) is 7. The van der Waals surface area contributed by atoms with Gasteiger partial charge in [0.15, 0.2) is 0 Å². The first-order chi connectivity index (χ1) is 18.4. The molecular weight excluding hydrogens is 484 g/mol. The minimum Gasteiger partial charge on any atom is -0.507 e. The molecule has 0 aliphatic carbocycles. The lowest BCUT2D eigenvalue weighted by atomic mass is 9.95. The second-order valence-electron chi connectivity index (χ2n) is 9.91. The van der Waals surface area contributed by atoms with Gasteiger partial charge in [0, 0.05) is 31.7 Å². The fraction of sp³-hybridized carbons (Fsp3) is 0.467. The predicted octanol–water partition coefficient (Wildman–Crippen LogP) is 4.41. The highest BCUT2D eigenvalue weighted by molar-refractivity contribution is 6.46. The molecule has 2 aliphatic heterocycles. The maximum Gasteiger partial charge on any atom is 0.295 e. The standard InChI is InChI=1S/C30H38N2O6/c1-4-5-18-37-24-10-6-22(7-11-24)27-26(28(33)23-8-12-25(13-9-23)38-21(2)3)29(34)30(35)32(27)15-14-31-16-19-36-20-17-31/h6-13,21,27,33H,4-5,14-20H2,1-3H3/b28-26+. The number of aliphatic hydroxyl groups excluding tert-OH is 1. The number of unbranched alkanes of at least 4 members (excludes halogenated alkanes) is 1. The highest BCUT2D eigenvalue weighted by Crippen LogP contribution is 2.40. The van der Waals surface area contributed by atoms with E-state index in [0.29, 0.717) is 44.2 Å². The van der Waals surface area contributed by atoms with Crippen LogP contribution >= 0.6 is 0 Å². The number of likely N-dealkylation sites (tertiary alicyclic amines) is 1. The van der Waals surface area contributed by atoms with E-state index in [4.69, 9.17) is 14.2 Å². The zero-order valence-electron chi connectivity index (χ0n) is 22.5. The highest BCUT2D eigenvalue weighted by Gasteiger charge is 2.46. The molecule has 2 aromatic rings. The van der Waals surface area contributed by atoms with Gasteiger partial charge in [-0.05, 0) is 62.2 Å². The Morgan fingerprint density at radius 2 is 1.66 bits per heavy atom. The molecule has 0 bridgehead atoms. The van der Waals surface area contributed by atoms with Crippen LogP contribution in [0.25, 0.3) is 5.76 Å². The summed E-state index contributed by atoms with van der Waals surface area (Å²) in [7, 11) is 0. The maximum absolute atomic E-state index is 13.3. The van der Waals surface area contributed by atoms with Gasteiger partial charge in [0.2, 0.25) is 0 Å². The molecule has 0 radical (unpaired) electrons. The largest absolute Gasteiger partial charge is 0.507 e. The Balaban J connectivity index is 1.66. The second-order valence-corrected chi connectivity index (χ2v) is 9.91. The molecule has 38 heavy (non-hydrogen) atoms. The van der Waals surface area contributed by atoms with Gasteiger partial charge in [-0.3, -0.25) is 14.5 Å². The molecule has 8 heteroatoms. The minimum atomic E-state index is -0.702. The van der Waals surface area contributed by atoms with Crippen LogP contribution in [-0.4, -0.2) is 78.7 Å². The molecule has 2 saturated heterocycles. The fourth-order valence-electron chi connectivity index (χ4n) is 4.73. The van der Waals surface area contributed by atoms with E-state index in [1.807, 2.05) is 38.1 Å². The van der Waals surface area contributed by atoms with Gasteiger partial charge in [-0.2, -0.15) is 0 Å². The summed E-state index contributed by atoms with van der Waals surface area (Å²) in [5.41, 5.74) is 1.29. The van der Waals surface area contributed by atoms with Crippen molar-refractivity contribution in [2.24, 2.45) is 0 Å². The Morgan fingerprint density at radius 1 is 1.00 bits per heavy atom. The SMILES string of the molecule is CCCCOc1ccc(C2/C(=C(\O)c3ccc(OC(C)C)cc3)C(=O)C(=O)N2CCN2CCOCC2)cc1. The molecule has 0 saturated carbocycles. The third kappa shape index (κ3) is 6.55. The van der Waals surface area contributed by atoms with Crippen molar-refractivity contribution >= 4 is 17.4 Å². The van der Waals surface area contributed by atoms with Crippen LogP contribution in [0.2, 0.25) is 0 Å². The Labute approximate surface area is 224 Å². The van der Waals surface area contributed by atoms with E-state index in [-0.39, 0.29) is 17.4 Å². The normalized spacial score (nSPS) is 19.8. The van der Waals surface area contributed by atoms with Crippen molar-refractivity contribution in [1.82, 2.24) is 9.80 Å². The van der Waals surface area contributed by atoms with Crippen LogP contribution < -0.4 is 9.47 Å². The number of aliphatic hydroxyl groups is 1. The third-order valence-corrected chi connectivity index (χ3v) is 6.76.